The number of furan rings is 1. The molecule has 1 heterocycles. The van der Waals surface area contributed by atoms with E-state index in [4.69, 9.17) is 20.8 Å². The number of hydrogen-bond acceptors (Lipinski definition) is 3. The lowest BCUT2D eigenvalue weighted by atomic mass is 10.3. The van der Waals surface area contributed by atoms with Crippen molar-refractivity contribution in [1.29, 1.82) is 0 Å². The first-order valence-corrected chi connectivity index (χ1v) is 5.55. The molecule has 0 N–H and O–H groups in total. The molecule has 0 unspecified atom stereocenters. The van der Waals surface area contributed by atoms with Gasteiger partial charge in [0.05, 0.1) is 0 Å². The molecule has 0 spiro atoms. The summed E-state index contributed by atoms with van der Waals surface area (Å²) in [5.74, 6) is -0.0511. The van der Waals surface area contributed by atoms with Gasteiger partial charge in [0, 0.05) is 5.02 Å². The lowest BCUT2D eigenvalue weighted by Crippen LogP contribution is -2.06. The minimum absolute atomic E-state index is 0.131. The Morgan fingerprint density at radius 2 is 2.12 bits per heavy atom. The molecule has 5 heteroatoms. The summed E-state index contributed by atoms with van der Waals surface area (Å²) in [6.07, 6.45) is 0. The Bertz CT molecular complexity index is 521. The van der Waals surface area contributed by atoms with Gasteiger partial charge in [-0.1, -0.05) is 17.7 Å². The zero-order valence-corrected chi connectivity index (χ0v) is 10.3. The quantitative estimate of drug-likeness (QED) is 0.623. The molecule has 82 valence electrons. The molecule has 3 nitrogen and oxygen atoms in total. The van der Waals surface area contributed by atoms with Crippen molar-refractivity contribution in [1.82, 2.24) is 0 Å². The summed E-state index contributed by atoms with van der Waals surface area (Å²) >= 11 is 8.86. The maximum atomic E-state index is 11.6. The molecule has 0 amide bonds. The molecule has 1 aromatic heterocycles. The van der Waals surface area contributed by atoms with Crippen LogP contribution in [0.5, 0.6) is 5.75 Å². The molecule has 2 rings (SSSR count). The van der Waals surface area contributed by atoms with E-state index in [0.717, 1.165) is 0 Å². The standard InChI is InChI=1S/C11H6BrClO3/c12-10-5-4-9(16-10)11(14)15-8-3-1-2-7(13)6-8/h1-6H. The maximum absolute atomic E-state index is 11.6. The van der Waals surface area contributed by atoms with Crippen LogP contribution in [-0.4, -0.2) is 5.97 Å². The third kappa shape index (κ3) is 2.65. The Kier molecular flexibility index (Phi) is 3.31. The molecule has 16 heavy (non-hydrogen) atoms. The first kappa shape index (κ1) is 11.2. The number of ether oxygens (including phenoxy) is 1. The Hall–Kier alpha value is -1.26. The largest absolute Gasteiger partial charge is 0.442 e. The van der Waals surface area contributed by atoms with Crippen molar-refractivity contribution in [3.63, 3.8) is 0 Å². The summed E-state index contributed by atoms with van der Waals surface area (Å²) in [6.45, 7) is 0. The van der Waals surface area contributed by atoms with Crippen LogP contribution in [0.4, 0.5) is 0 Å². The van der Waals surface area contributed by atoms with E-state index >= 15 is 0 Å². The predicted molar refractivity (Wildman–Crippen MR) is 62.8 cm³/mol. The first-order valence-electron chi connectivity index (χ1n) is 4.38. The SMILES string of the molecule is O=C(Oc1cccc(Cl)c1)c1ccc(Br)o1. The smallest absolute Gasteiger partial charge is 0.379 e. The highest BCUT2D eigenvalue weighted by Crippen LogP contribution is 2.20. The van der Waals surface area contributed by atoms with Crippen molar-refractivity contribution in [3.05, 3.63) is 51.9 Å². The van der Waals surface area contributed by atoms with Crippen LogP contribution in [0, 0.1) is 0 Å². The fraction of sp³-hybridized carbons (Fsp3) is 0. The molecular weight excluding hydrogens is 295 g/mol. The molecule has 0 aliphatic carbocycles. The molecule has 2 aromatic rings. The van der Waals surface area contributed by atoms with Crippen molar-refractivity contribution in [3.8, 4) is 5.75 Å². The lowest BCUT2D eigenvalue weighted by Gasteiger charge is -2.01. The summed E-state index contributed by atoms with van der Waals surface area (Å²) in [4.78, 5) is 11.6. The maximum Gasteiger partial charge on any atom is 0.379 e. The van der Waals surface area contributed by atoms with E-state index in [1.165, 1.54) is 6.07 Å². The Morgan fingerprint density at radius 1 is 1.31 bits per heavy atom. The zero-order chi connectivity index (χ0) is 11.5. The van der Waals surface area contributed by atoms with Gasteiger partial charge in [0.15, 0.2) is 4.67 Å². The Morgan fingerprint density at radius 3 is 2.75 bits per heavy atom. The molecule has 0 atom stereocenters. The third-order valence-corrected chi connectivity index (χ3v) is 2.44. The topological polar surface area (TPSA) is 39.4 Å². The average Bonchev–Trinajstić information content (AvgIpc) is 2.65. The molecule has 1 aromatic carbocycles. The van der Waals surface area contributed by atoms with Gasteiger partial charge in [0.1, 0.15) is 5.75 Å². The second-order valence-corrected chi connectivity index (χ2v) is 4.17. The predicted octanol–water partition coefficient (Wildman–Crippen LogP) is 3.91. The number of carbonyl (C=O) groups is 1. The molecule has 0 aliphatic rings. The Labute approximate surface area is 105 Å². The van der Waals surface area contributed by atoms with E-state index in [1.807, 2.05) is 0 Å². The second kappa shape index (κ2) is 4.72. The van der Waals surface area contributed by atoms with Crippen molar-refractivity contribution < 1.29 is 13.9 Å². The minimum Gasteiger partial charge on any atom is -0.442 e. The summed E-state index contributed by atoms with van der Waals surface area (Å²) in [5, 5.41) is 0.505. The fourth-order valence-electron chi connectivity index (χ4n) is 1.11. The minimum atomic E-state index is -0.562. The van der Waals surface area contributed by atoms with E-state index in [1.54, 1.807) is 30.3 Å². The van der Waals surface area contributed by atoms with Crippen LogP contribution in [0.3, 0.4) is 0 Å². The third-order valence-electron chi connectivity index (χ3n) is 1.78. The van der Waals surface area contributed by atoms with Gasteiger partial charge >= 0.3 is 5.97 Å². The number of hydrogen-bond donors (Lipinski definition) is 0. The highest BCUT2D eigenvalue weighted by atomic mass is 79.9. The van der Waals surface area contributed by atoms with Crippen LogP contribution >= 0.6 is 27.5 Å². The second-order valence-electron chi connectivity index (χ2n) is 2.95. The fourth-order valence-corrected chi connectivity index (χ4v) is 1.60. The van der Waals surface area contributed by atoms with E-state index in [0.29, 0.717) is 15.4 Å². The number of carbonyl (C=O) groups excluding carboxylic acids is 1. The van der Waals surface area contributed by atoms with Gasteiger partial charge in [0.2, 0.25) is 5.76 Å². The van der Waals surface area contributed by atoms with E-state index in [-0.39, 0.29) is 5.76 Å². The van der Waals surface area contributed by atoms with E-state index in [9.17, 15) is 4.79 Å². The van der Waals surface area contributed by atoms with Gasteiger partial charge in [-0.15, -0.1) is 0 Å². The summed E-state index contributed by atoms with van der Waals surface area (Å²) in [5.41, 5.74) is 0. The van der Waals surface area contributed by atoms with Crippen LogP contribution in [0.25, 0.3) is 0 Å². The highest BCUT2D eigenvalue weighted by Gasteiger charge is 2.12. The first-order chi connectivity index (χ1) is 7.65. The van der Waals surface area contributed by atoms with E-state index in [2.05, 4.69) is 15.9 Å². The van der Waals surface area contributed by atoms with Crippen LogP contribution in [-0.2, 0) is 0 Å². The zero-order valence-electron chi connectivity index (χ0n) is 7.94. The van der Waals surface area contributed by atoms with Crippen LogP contribution < -0.4 is 4.74 Å². The molecular formula is C11H6BrClO3. The van der Waals surface area contributed by atoms with Crippen molar-refractivity contribution in [2.24, 2.45) is 0 Å². The molecule has 0 saturated carbocycles. The highest BCUT2D eigenvalue weighted by molar-refractivity contribution is 9.10. The van der Waals surface area contributed by atoms with Gasteiger partial charge in [-0.2, -0.15) is 0 Å². The van der Waals surface area contributed by atoms with Gasteiger partial charge in [-0.25, -0.2) is 4.79 Å². The van der Waals surface area contributed by atoms with Crippen LogP contribution in [0.15, 0.2) is 45.5 Å². The van der Waals surface area contributed by atoms with Crippen LogP contribution in [0.1, 0.15) is 10.6 Å². The summed E-state index contributed by atoms with van der Waals surface area (Å²) in [7, 11) is 0. The van der Waals surface area contributed by atoms with Crippen molar-refractivity contribution in [2.45, 2.75) is 0 Å². The molecule has 0 aliphatic heterocycles. The monoisotopic (exact) mass is 300 g/mol. The lowest BCUT2D eigenvalue weighted by molar-refractivity contribution is 0.0700. The number of esters is 1. The van der Waals surface area contributed by atoms with Gasteiger partial charge in [-0.3, -0.25) is 0 Å². The van der Waals surface area contributed by atoms with Crippen LogP contribution in [0.2, 0.25) is 5.02 Å². The van der Waals surface area contributed by atoms with Gasteiger partial charge in [-0.05, 0) is 46.3 Å². The molecule has 0 radical (unpaired) electrons. The Balaban J connectivity index is 2.13. The van der Waals surface area contributed by atoms with E-state index < -0.39 is 5.97 Å². The number of benzene rings is 1. The van der Waals surface area contributed by atoms with Crippen molar-refractivity contribution >= 4 is 33.5 Å². The summed E-state index contributed by atoms with van der Waals surface area (Å²) < 4.78 is 10.6. The average molecular weight is 302 g/mol. The normalized spacial score (nSPS) is 10.1. The van der Waals surface area contributed by atoms with Crippen molar-refractivity contribution in [2.75, 3.05) is 0 Å². The van der Waals surface area contributed by atoms with Gasteiger partial charge < -0.3 is 9.15 Å². The summed E-state index contributed by atoms with van der Waals surface area (Å²) in [6, 6.07) is 9.73. The number of halogens is 2. The molecule has 0 fully saturated rings. The molecule has 0 bridgehead atoms. The van der Waals surface area contributed by atoms with Gasteiger partial charge in [0.25, 0.3) is 0 Å². The number of rotatable bonds is 2. The molecule has 0 saturated heterocycles.